The van der Waals surface area contributed by atoms with Crippen LogP contribution in [0.1, 0.15) is 11.1 Å². The number of nitrogens with two attached hydrogens (primary N) is 1. The highest BCUT2D eigenvalue weighted by Gasteiger charge is 2.05. The van der Waals surface area contributed by atoms with E-state index in [1.165, 1.54) is 0 Å². The molecule has 3 aromatic rings. The summed E-state index contributed by atoms with van der Waals surface area (Å²) >= 11 is 0. The highest BCUT2D eigenvalue weighted by atomic mass is 127. The minimum absolute atomic E-state index is 0. The standard InChI is InChI=1S/C19H21N5O.HI/c1-25-13-16-7-2-4-8-17(16)23-19(20)22-12-15-6-3-5-9-18(15)24-11-10-21-14-24;/h2-11,14H,12-13H2,1H3,(H3,20,22,23);1H. The van der Waals surface area contributed by atoms with E-state index < -0.39 is 0 Å². The molecule has 136 valence electrons. The van der Waals surface area contributed by atoms with Gasteiger partial charge in [0.1, 0.15) is 0 Å². The number of nitrogens with one attached hydrogen (secondary N) is 1. The lowest BCUT2D eigenvalue weighted by atomic mass is 10.2. The van der Waals surface area contributed by atoms with Gasteiger partial charge in [-0.1, -0.05) is 36.4 Å². The molecule has 2 aromatic carbocycles. The molecule has 3 rings (SSSR count). The van der Waals surface area contributed by atoms with Gasteiger partial charge in [-0.15, -0.1) is 24.0 Å². The molecule has 0 aliphatic heterocycles. The highest BCUT2D eigenvalue weighted by Crippen LogP contribution is 2.17. The number of hydrogen-bond donors (Lipinski definition) is 2. The Balaban J connectivity index is 0.00000243. The molecular weight excluding hydrogens is 441 g/mol. The van der Waals surface area contributed by atoms with E-state index in [2.05, 4.69) is 15.3 Å². The largest absolute Gasteiger partial charge is 0.380 e. The number of imidazole rings is 1. The summed E-state index contributed by atoms with van der Waals surface area (Å²) in [5.74, 6) is 0.365. The van der Waals surface area contributed by atoms with E-state index in [-0.39, 0.29) is 24.0 Å². The number of halogens is 1. The molecule has 3 N–H and O–H groups in total. The molecule has 7 heteroatoms. The first-order chi connectivity index (χ1) is 12.3. The van der Waals surface area contributed by atoms with Gasteiger partial charge >= 0.3 is 0 Å². The number of benzene rings is 2. The average Bonchev–Trinajstić information content (AvgIpc) is 3.17. The van der Waals surface area contributed by atoms with Gasteiger partial charge in [0.2, 0.25) is 0 Å². The van der Waals surface area contributed by atoms with E-state index in [1.807, 2.05) is 59.3 Å². The molecular formula is C19H22IN5O. The van der Waals surface area contributed by atoms with Gasteiger partial charge in [-0.25, -0.2) is 9.98 Å². The molecule has 1 heterocycles. The Labute approximate surface area is 170 Å². The van der Waals surface area contributed by atoms with Crippen LogP contribution in [0.4, 0.5) is 5.69 Å². The van der Waals surface area contributed by atoms with Gasteiger partial charge < -0.3 is 20.4 Å². The molecule has 0 atom stereocenters. The van der Waals surface area contributed by atoms with Crippen molar-refractivity contribution in [3.63, 3.8) is 0 Å². The molecule has 0 bridgehead atoms. The average molecular weight is 463 g/mol. The third-order valence-corrected chi connectivity index (χ3v) is 3.77. The first kappa shape index (κ1) is 19.9. The molecule has 0 radical (unpaired) electrons. The summed E-state index contributed by atoms with van der Waals surface area (Å²) in [6.07, 6.45) is 5.43. The molecule has 0 amide bonds. The van der Waals surface area contributed by atoms with Crippen molar-refractivity contribution in [1.29, 1.82) is 0 Å². The smallest absolute Gasteiger partial charge is 0.193 e. The van der Waals surface area contributed by atoms with E-state index in [0.29, 0.717) is 19.1 Å². The number of methoxy groups -OCH3 is 1. The molecule has 0 unspecified atom stereocenters. The molecule has 0 saturated carbocycles. The monoisotopic (exact) mass is 463 g/mol. The summed E-state index contributed by atoms with van der Waals surface area (Å²) in [5.41, 5.74) is 10.1. The predicted octanol–water partition coefficient (Wildman–Crippen LogP) is 3.56. The van der Waals surface area contributed by atoms with Crippen molar-refractivity contribution in [2.45, 2.75) is 13.2 Å². The van der Waals surface area contributed by atoms with Gasteiger partial charge in [-0.2, -0.15) is 0 Å². The van der Waals surface area contributed by atoms with Crippen molar-refractivity contribution in [2.24, 2.45) is 10.7 Å². The number of aromatic nitrogens is 2. The Hall–Kier alpha value is -2.39. The molecule has 1 aromatic heterocycles. The van der Waals surface area contributed by atoms with Crippen LogP contribution in [-0.2, 0) is 17.9 Å². The number of hydrogen-bond acceptors (Lipinski definition) is 3. The van der Waals surface area contributed by atoms with Crippen LogP contribution in [0.5, 0.6) is 0 Å². The minimum atomic E-state index is 0. The lowest BCUT2D eigenvalue weighted by Gasteiger charge is -2.12. The van der Waals surface area contributed by atoms with Crippen molar-refractivity contribution in [3.05, 3.63) is 78.4 Å². The molecule has 6 nitrogen and oxygen atoms in total. The van der Waals surface area contributed by atoms with E-state index in [0.717, 1.165) is 22.5 Å². The Morgan fingerprint density at radius 3 is 2.62 bits per heavy atom. The van der Waals surface area contributed by atoms with Crippen LogP contribution in [-0.4, -0.2) is 22.6 Å². The molecule has 0 aliphatic carbocycles. The molecule has 0 spiro atoms. The van der Waals surface area contributed by atoms with Crippen LogP contribution in [0, 0.1) is 0 Å². The second-order valence-electron chi connectivity index (χ2n) is 5.52. The second-order valence-corrected chi connectivity index (χ2v) is 5.52. The van der Waals surface area contributed by atoms with Crippen LogP contribution in [0.3, 0.4) is 0 Å². The van der Waals surface area contributed by atoms with E-state index in [1.54, 1.807) is 19.6 Å². The first-order valence-electron chi connectivity index (χ1n) is 7.98. The third-order valence-electron chi connectivity index (χ3n) is 3.77. The van der Waals surface area contributed by atoms with Gasteiger partial charge in [0.05, 0.1) is 25.2 Å². The number of nitrogens with zero attached hydrogens (tertiary/aromatic N) is 3. The lowest BCUT2D eigenvalue weighted by Crippen LogP contribution is -2.23. The number of ether oxygens (including phenoxy) is 1. The Kier molecular flexibility index (Phi) is 7.61. The van der Waals surface area contributed by atoms with Crippen LogP contribution >= 0.6 is 24.0 Å². The summed E-state index contributed by atoms with van der Waals surface area (Å²) in [6, 6.07) is 15.9. The van der Waals surface area contributed by atoms with Crippen molar-refractivity contribution in [2.75, 3.05) is 12.4 Å². The number of aliphatic imine (C=N–C) groups is 1. The SMILES string of the molecule is COCc1ccccc1NC(N)=NCc1ccccc1-n1ccnc1.I. The van der Waals surface area contributed by atoms with Gasteiger partial charge in [0.15, 0.2) is 5.96 Å². The summed E-state index contributed by atoms with van der Waals surface area (Å²) in [6.45, 7) is 0.986. The molecule has 0 fully saturated rings. The van der Waals surface area contributed by atoms with Crippen molar-refractivity contribution in [1.82, 2.24) is 9.55 Å². The summed E-state index contributed by atoms with van der Waals surface area (Å²) in [5, 5.41) is 3.15. The topological polar surface area (TPSA) is 77.5 Å². The maximum absolute atomic E-state index is 6.07. The second kappa shape index (κ2) is 9.93. The Morgan fingerprint density at radius 1 is 1.15 bits per heavy atom. The fourth-order valence-corrected chi connectivity index (χ4v) is 2.57. The number of rotatable bonds is 6. The van der Waals surface area contributed by atoms with Gasteiger partial charge in [-0.3, -0.25) is 0 Å². The van der Waals surface area contributed by atoms with Crippen LogP contribution in [0.2, 0.25) is 0 Å². The fraction of sp³-hybridized carbons (Fsp3) is 0.158. The molecule has 26 heavy (non-hydrogen) atoms. The minimum Gasteiger partial charge on any atom is -0.380 e. The Morgan fingerprint density at radius 2 is 1.88 bits per heavy atom. The van der Waals surface area contributed by atoms with Crippen LogP contribution in [0.25, 0.3) is 5.69 Å². The van der Waals surface area contributed by atoms with Crippen molar-refractivity contribution < 1.29 is 4.74 Å². The summed E-state index contributed by atoms with van der Waals surface area (Å²) < 4.78 is 7.17. The highest BCUT2D eigenvalue weighted by molar-refractivity contribution is 14.0. The fourth-order valence-electron chi connectivity index (χ4n) is 2.57. The van der Waals surface area contributed by atoms with E-state index in [9.17, 15) is 0 Å². The predicted molar refractivity (Wildman–Crippen MR) is 115 cm³/mol. The molecule has 0 aliphatic rings. The first-order valence-corrected chi connectivity index (χ1v) is 7.98. The third kappa shape index (κ3) is 5.06. The maximum Gasteiger partial charge on any atom is 0.193 e. The van der Waals surface area contributed by atoms with E-state index in [4.69, 9.17) is 10.5 Å². The van der Waals surface area contributed by atoms with Gasteiger partial charge in [-0.05, 0) is 17.7 Å². The van der Waals surface area contributed by atoms with Gasteiger partial charge in [0.25, 0.3) is 0 Å². The van der Waals surface area contributed by atoms with Crippen LogP contribution < -0.4 is 11.1 Å². The van der Waals surface area contributed by atoms with E-state index >= 15 is 0 Å². The quantitative estimate of drug-likeness (QED) is 0.333. The molecule has 0 saturated heterocycles. The zero-order valence-electron chi connectivity index (χ0n) is 14.5. The van der Waals surface area contributed by atoms with Gasteiger partial charge in [0, 0.05) is 30.8 Å². The number of para-hydroxylation sites is 2. The number of guanidine groups is 1. The Bertz CT molecular complexity index is 849. The normalized spacial score (nSPS) is 11.0. The summed E-state index contributed by atoms with van der Waals surface area (Å²) in [4.78, 5) is 8.57. The zero-order chi connectivity index (χ0) is 17.5. The lowest BCUT2D eigenvalue weighted by molar-refractivity contribution is 0.185. The van der Waals surface area contributed by atoms with Crippen molar-refractivity contribution in [3.8, 4) is 5.69 Å². The summed E-state index contributed by atoms with van der Waals surface area (Å²) in [7, 11) is 1.67. The number of anilines is 1. The zero-order valence-corrected chi connectivity index (χ0v) is 16.8. The van der Waals surface area contributed by atoms with Crippen LogP contribution in [0.15, 0.2) is 72.2 Å². The maximum atomic E-state index is 6.07. The van der Waals surface area contributed by atoms with Crippen molar-refractivity contribution >= 4 is 35.6 Å².